The van der Waals surface area contributed by atoms with Crippen LogP contribution in [0.2, 0.25) is 0 Å². The number of esters is 1. The molecule has 1 aliphatic heterocycles. The molecule has 0 fully saturated rings. The summed E-state index contributed by atoms with van der Waals surface area (Å²) in [6, 6.07) is 2.09. The lowest BCUT2D eigenvalue weighted by Gasteiger charge is -2.19. The van der Waals surface area contributed by atoms with Crippen molar-refractivity contribution in [3.05, 3.63) is 33.9 Å². The van der Waals surface area contributed by atoms with Crippen LogP contribution in [0.25, 0.3) is 0 Å². The average Bonchev–Trinajstić information content (AvgIpc) is 2.81. The molecule has 1 aromatic carbocycles. The van der Waals surface area contributed by atoms with Crippen molar-refractivity contribution in [1.82, 2.24) is 0 Å². The number of carbonyl (C=O) groups is 1. The largest absolute Gasteiger partial charge is 0.457 e. The molecule has 3 rings (SSSR count). The van der Waals surface area contributed by atoms with E-state index in [1.165, 1.54) is 11.1 Å². The summed E-state index contributed by atoms with van der Waals surface area (Å²) < 4.78 is 5.07. The first kappa shape index (κ1) is 10.8. The standard InChI is InChI=1S/C14H16O3/c1-8-11-5-14(2,7-15)4-9(11)3-10-6-17-13(16)12(8)10/h3,15H,4-7H2,1-2H3. The van der Waals surface area contributed by atoms with Gasteiger partial charge in [-0.3, -0.25) is 0 Å². The molecule has 1 N–H and O–H groups in total. The van der Waals surface area contributed by atoms with E-state index in [2.05, 4.69) is 13.0 Å². The Morgan fingerprint density at radius 2 is 2.18 bits per heavy atom. The monoisotopic (exact) mass is 232 g/mol. The van der Waals surface area contributed by atoms with Gasteiger partial charge in [0, 0.05) is 12.2 Å². The van der Waals surface area contributed by atoms with Gasteiger partial charge in [-0.1, -0.05) is 13.0 Å². The van der Waals surface area contributed by atoms with Crippen LogP contribution in [0.3, 0.4) is 0 Å². The number of ether oxygens (including phenoxy) is 1. The quantitative estimate of drug-likeness (QED) is 0.750. The number of fused-ring (bicyclic) bond motifs is 2. The van der Waals surface area contributed by atoms with Crippen LogP contribution < -0.4 is 0 Å². The van der Waals surface area contributed by atoms with Gasteiger partial charge in [-0.2, -0.15) is 0 Å². The number of cyclic esters (lactones) is 1. The Morgan fingerprint density at radius 1 is 1.41 bits per heavy atom. The topological polar surface area (TPSA) is 46.5 Å². The number of aliphatic hydroxyl groups is 1. The van der Waals surface area contributed by atoms with Crippen molar-refractivity contribution < 1.29 is 14.6 Å². The zero-order chi connectivity index (χ0) is 12.2. The Hall–Kier alpha value is -1.35. The second-order valence-corrected chi connectivity index (χ2v) is 5.57. The van der Waals surface area contributed by atoms with Crippen molar-refractivity contribution in [2.75, 3.05) is 6.61 Å². The maximum absolute atomic E-state index is 11.6. The zero-order valence-electron chi connectivity index (χ0n) is 10.2. The SMILES string of the molecule is Cc1c2c(cc3c1C(=O)OC3)CC(C)(CO)C2. The predicted octanol–water partition coefficient (Wildman–Crippen LogP) is 1.76. The summed E-state index contributed by atoms with van der Waals surface area (Å²) in [5, 5.41) is 9.46. The third-order valence-electron chi connectivity index (χ3n) is 4.05. The normalized spacial score (nSPS) is 25.7. The molecular weight excluding hydrogens is 216 g/mol. The van der Waals surface area contributed by atoms with Gasteiger partial charge in [-0.15, -0.1) is 0 Å². The van der Waals surface area contributed by atoms with Crippen molar-refractivity contribution in [3.8, 4) is 0 Å². The van der Waals surface area contributed by atoms with Crippen molar-refractivity contribution in [2.45, 2.75) is 33.3 Å². The molecule has 0 saturated heterocycles. The van der Waals surface area contributed by atoms with Gasteiger partial charge < -0.3 is 9.84 Å². The van der Waals surface area contributed by atoms with Gasteiger partial charge in [0.25, 0.3) is 0 Å². The number of hydrogen-bond donors (Lipinski definition) is 1. The van der Waals surface area contributed by atoms with Crippen LogP contribution in [0.15, 0.2) is 6.07 Å². The van der Waals surface area contributed by atoms with Gasteiger partial charge in [0.15, 0.2) is 0 Å². The van der Waals surface area contributed by atoms with E-state index in [9.17, 15) is 9.90 Å². The first-order valence-corrected chi connectivity index (χ1v) is 5.96. The van der Waals surface area contributed by atoms with E-state index in [1.807, 2.05) is 6.92 Å². The van der Waals surface area contributed by atoms with Gasteiger partial charge in [0.2, 0.25) is 0 Å². The van der Waals surface area contributed by atoms with Crippen LogP contribution in [0.5, 0.6) is 0 Å². The molecule has 2 aliphatic rings. The molecule has 1 atom stereocenters. The predicted molar refractivity (Wildman–Crippen MR) is 62.9 cm³/mol. The second kappa shape index (κ2) is 3.33. The Bertz CT molecular complexity index is 519. The third-order valence-corrected chi connectivity index (χ3v) is 4.05. The molecule has 17 heavy (non-hydrogen) atoms. The zero-order valence-corrected chi connectivity index (χ0v) is 10.2. The van der Waals surface area contributed by atoms with Crippen LogP contribution in [0.1, 0.15) is 39.5 Å². The molecule has 1 aromatic rings. The molecule has 90 valence electrons. The van der Waals surface area contributed by atoms with Crippen molar-refractivity contribution >= 4 is 5.97 Å². The van der Waals surface area contributed by atoms with E-state index >= 15 is 0 Å². The molecule has 3 heteroatoms. The molecule has 0 saturated carbocycles. The number of aliphatic hydroxyl groups excluding tert-OH is 1. The molecule has 1 heterocycles. The summed E-state index contributed by atoms with van der Waals surface area (Å²) in [5.74, 6) is -0.196. The fourth-order valence-corrected chi connectivity index (χ4v) is 3.08. The fourth-order valence-electron chi connectivity index (χ4n) is 3.08. The Labute approximate surface area is 100 Å². The minimum Gasteiger partial charge on any atom is -0.457 e. The Kier molecular flexibility index (Phi) is 2.11. The van der Waals surface area contributed by atoms with Gasteiger partial charge in [0.05, 0.1) is 5.56 Å². The van der Waals surface area contributed by atoms with E-state index in [4.69, 9.17) is 4.74 Å². The summed E-state index contributed by atoms with van der Waals surface area (Å²) in [6.07, 6.45) is 1.74. The summed E-state index contributed by atoms with van der Waals surface area (Å²) in [4.78, 5) is 11.6. The maximum Gasteiger partial charge on any atom is 0.339 e. The highest BCUT2D eigenvalue weighted by atomic mass is 16.5. The van der Waals surface area contributed by atoms with Gasteiger partial charge in [-0.25, -0.2) is 4.79 Å². The molecular formula is C14H16O3. The fraction of sp³-hybridized carbons (Fsp3) is 0.500. The van der Waals surface area contributed by atoms with Crippen LogP contribution in [-0.4, -0.2) is 17.7 Å². The van der Waals surface area contributed by atoms with Crippen molar-refractivity contribution in [3.63, 3.8) is 0 Å². The lowest BCUT2D eigenvalue weighted by molar-refractivity contribution is 0.0534. The lowest BCUT2D eigenvalue weighted by Crippen LogP contribution is -2.21. The second-order valence-electron chi connectivity index (χ2n) is 5.57. The van der Waals surface area contributed by atoms with Gasteiger partial charge >= 0.3 is 5.97 Å². The van der Waals surface area contributed by atoms with E-state index in [0.717, 1.165) is 29.5 Å². The summed E-state index contributed by atoms with van der Waals surface area (Å²) in [7, 11) is 0. The Balaban J connectivity index is 2.15. The minimum atomic E-state index is -0.196. The van der Waals surface area contributed by atoms with Gasteiger partial charge in [0.1, 0.15) is 6.61 Å². The first-order valence-electron chi connectivity index (χ1n) is 5.96. The van der Waals surface area contributed by atoms with Crippen molar-refractivity contribution in [2.24, 2.45) is 5.41 Å². The van der Waals surface area contributed by atoms with Crippen LogP contribution in [-0.2, 0) is 24.2 Å². The Morgan fingerprint density at radius 3 is 2.88 bits per heavy atom. The molecule has 0 aromatic heterocycles. The van der Waals surface area contributed by atoms with Crippen molar-refractivity contribution in [1.29, 1.82) is 0 Å². The summed E-state index contributed by atoms with van der Waals surface area (Å²) in [5.41, 5.74) is 5.26. The highest BCUT2D eigenvalue weighted by molar-refractivity contribution is 5.95. The van der Waals surface area contributed by atoms with Crippen LogP contribution in [0.4, 0.5) is 0 Å². The molecule has 1 aliphatic carbocycles. The maximum atomic E-state index is 11.6. The lowest BCUT2D eigenvalue weighted by atomic mass is 9.88. The van der Waals surface area contributed by atoms with Crippen LogP contribution >= 0.6 is 0 Å². The minimum absolute atomic E-state index is 0.0634. The molecule has 0 amide bonds. The molecule has 1 unspecified atom stereocenters. The smallest absolute Gasteiger partial charge is 0.339 e. The highest BCUT2D eigenvalue weighted by Gasteiger charge is 2.36. The molecule has 0 radical (unpaired) electrons. The highest BCUT2D eigenvalue weighted by Crippen LogP contribution is 2.41. The molecule has 0 bridgehead atoms. The van der Waals surface area contributed by atoms with E-state index in [1.54, 1.807) is 0 Å². The summed E-state index contributed by atoms with van der Waals surface area (Å²) >= 11 is 0. The van der Waals surface area contributed by atoms with E-state index in [0.29, 0.717) is 6.61 Å². The molecule has 0 spiro atoms. The summed E-state index contributed by atoms with van der Waals surface area (Å²) in [6.45, 7) is 4.68. The van der Waals surface area contributed by atoms with Crippen LogP contribution in [0, 0.1) is 12.3 Å². The first-order chi connectivity index (χ1) is 8.04. The van der Waals surface area contributed by atoms with E-state index in [-0.39, 0.29) is 18.0 Å². The third kappa shape index (κ3) is 1.42. The van der Waals surface area contributed by atoms with E-state index < -0.39 is 0 Å². The number of rotatable bonds is 1. The molecule has 3 nitrogen and oxygen atoms in total. The average molecular weight is 232 g/mol. The number of carbonyl (C=O) groups excluding carboxylic acids is 1. The number of hydrogen-bond acceptors (Lipinski definition) is 3. The number of benzene rings is 1. The van der Waals surface area contributed by atoms with Gasteiger partial charge in [-0.05, 0) is 41.9 Å².